The van der Waals surface area contributed by atoms with Crippen LogP contribution in [0.5, 0.6) is 11.5 Å². The molecule has 0 spiro atoms. The number of ether oxygens (including phenoxy) is 3. The zero-order valence-electron chi connectivity index (χ0n) is 15.2. The summed E-state index contributed by atoms with van der Waals surface area (Å²) in [6, 6.07) is 12.2. The van der Waals surface area contributed by atoms with Gasteiger partial charge in [-0.2, -0.15) is 0 Å². The number of nitrogens with one attached hydrogen (secondary N) is 1. The van der Waals surface area contributed by atoms with E-state index in [4.69, 9.17) is 14.2 Å². The fourth-order valence-electron chi connectivity index (χ4n) is 2.31. The van der Waals surface area contributed by atoms with Crippen LogP contribution in [0.1, 0.15) is 29.8 Å². The summed E-state index contributed by atoms with van der Waals surface area (Å²) in [7, 11) is 1.52. The van der Waals surface area contributed by atoms with E-state index < -0.39 is 11.9 Å². The number of hydrogen-bond donors (Lipinski definition) is 1. The summed E-state index contributed by atoms with van der Waals surface area (Å²) in [5.74, 6) is -0.0344. The van der Waals surface area contributed by atoms with Crippen molar-refractivity contribution >= 4 is 17.6 Å². The third-order valence-corrected chi connectivity index (χ3v) is 3.68. The molecule has 0 saturated carbocycles. The van der Waals surface area contributed by atoms with Gasteiger partial charge in [-0.1, -0.05) is 19.1 Å². The Kier molecular flexibility index (Phi) is 7.02. The van der Waals surface area contributed by atoms with Crippen molar-refractivity contribution in [3.63, 3.8) is 0 Å². The van der Waals surface area contributed by atoms with Crippen molar-refractivity contribution in [3.05, 3.63) is 53.6 Å². The Morgan fingerprint density at radius 3 is 2.35 bits per heavy atom. The van der Waals surface area contributed by atoms with Gasteiger partial charge in [0.05, 0.1) is 19.3 Å². The van der Waals surface area contributed by atoms with E-state index in [9.17, 15) is 9.59 Å². The van der Waals surface area contributed by atoms with Crippen molar-refractivity contribution in [2.45, 2.75) is 20.3 Å². The molecule has 0 aliphatic heterocycles. The lowest BCUT2D eigenvalue weighted by molar-refractivity contribution is -0.119. The van der Waals surface area contributed by atoms with E-state index in [-0.39, 0.29) is 12.2 Å². The van der Waals surface area contributed by atoms with Crippen LogP contribution in [-0.2, 0) is 16.0 Å². The molecule has 0 aliphatic rings. The van der Waals surface area contributed by atoms with Crippen LogP contribution >= 0.6 is 0 Å². The third kappa shape index (κ3) is 5.24. The summed E-state index contributed by atoms with van der Waals surface area (Å²) in [5, 5.41) is 2.69. The standard InChI is InChI=1S/C20H23NO5/c1-4-14-6-9-16(10-7-14)21-19(22)13-26-20(23)15-8-11-17(24-3)18(12-15)25-5-2/h6-12H,4-5,13H2,1-3H3,(H,21,22). The summed E-state index contributed by atoms with van der Waals surface area (Å²) >= 11 is 0. The van der Waals surface area contributed by atoms with E-state index in [0.29, 0.717) is 23.8 Å². The highest BCUT2D eigenvalue weighted by atomic mass is 16.5. The van der Waals surface area contributed by atoms with Gasteiger partial charge in [-0.3, -0.25) is 4.79 Å². The largest absolute Gasteiger partial charge is 0.493 e. The summed E-state index contributed by atoms with van der Waals surface area (Å²) in [6.45, 7) is 3.96. The first kappa shape index (κ1) is 19.3. The second-order valence-electron chi connectivity index (χ2n) is 5.47. The fraction of sp³-hybridized carbons (Fsp3) is 0.300. The smallest absolute Gasteiger partial charge is 0.338 e. The summed E-state index contributed by atoms with van der Waals surface area (Å²) in [6.07, 6.45) is 0.928. The molecule has 6 nitrogen and oxygen atoms in total. The van der Waals surface area contributed by atoms with Gasteiger partial charge in [0.15, 0.2) is 18.1 Å². The van der Waals surface area contributed by atoms with E-state index in [1.54, 1.807) is 12.1 Å². The second kappa shape index (κ2) is 9.46. The van der Waals surface area contributed by atoms with Crippen molar-refractivity contribution in [3.8, 4) is 11.5 Å². The highest BCUT2D eigenvalue weighted by Gasteiger charge is 2.14. The number of esters is 1. The molecule has 2 rings (SSSR count). The molecule has 0 unspecified atom stereocenters. The maximum atomic E-state index is 12.1. The topological polar surface area (TPSA) is 73.9 Å². The Bertz CT molecular complexity index is 755. The molecule has 0 heterocycles. The normalized spacial score (nSPS) is 10.1. The SMILES string of the molecule is CCOc1cc(C(=O)OCC(=O)Nc2ccc(CC)cc2)ccc1OC. The van der Waals surface area contributed by atoms with Crippen LogP contribution < -0.4 is 14.8 Å². The third-order valence-electron chi connectivity index (χ3n) is 3.68. The Morgan fingerprint density at radius 1 is 1.00 bits per heavy atom. The summed E-state index contributed by atoms with van der Waals surface area (Å²) in [4.78, 5) is 24.1. The lowest BCUT2D eigenvalue weighted by Gasteiger charge is -2.11. The molecule has 0 aliphatic carbocycles. The molecule has 6 heteroatoms. The summed E-state index contributed by atoms with van der Waals surface area (Å²) < 4.78 is 15.7. The van der Waals surface area contributed by atoms with Crippen LogP contribution in [0.2, 0.25) is 0 Å². The molecule has 2 aromatic rings. The van der Waals surface area contributed by atoms with Gasteiger partial charge in [0.1, 0.15) is 0 Å². The zero-order chi connectivity index (χ0) is 18.9. The van der Waals surface area contributed by atoms with Crippen LogP contribution in [0.4, 0.5) is 5.69 Å². The molecule has 0 aromatic heterocycles. The first-order valence-corrected chi connectivity index (χ1v) is 8.44. The van der Waals surface area contributed by atoms with Crippen molar-refractivity contribution < 1.29 is 23.8 Å². The van der Waals surface area contributed by atoms with Crippen molar-refractivity contribution in [1.29, 1.82) is 0 Å². The molecular formula is C20H23NO5. The van der Waals surface area contributed by atoms with E-state index in [2.05, 4.69) is 12.2 Å². The number of benzene rings is 2. The molecule has 0 radical (unpaired) electrons. The van der Waals surface area contributed by atoms with E-state index in [1.807, 2.05) is 31.2 Å². The Hall–Kier alpha value is -3.02. The highest BCUT2D eigenvalue weighted by Crippen LogP contribution is 2.28. The van der Waals surface area contributed by atoms with Crippen molar-refractivity contribution in [2.24, 2.45) is 0 Å². The average molecular weight is 357 g/mol. The molecule has 1 amide bonds. The lowest BCUT2D eigenvalue weighted by Crippen LogP contribution is -2.21. The molecule has 0 bridgehead atoms. The maximum absolute atomic E-state index is 12.1. The van der Waals surface area contributed by atoms with Crippen molar-refractivity contribution in [1.82, 2.24) is 0 Å². The average Bonchev–Trinajstić information content (AvgIpc) is 2.67. The molecule has 138 valence electrons. The maximum Gasteiger partial charge on any atom is 0.338 e. The van der Waals surface area contributed by atoms with Crippen molar-refractivity contribution in [2.75, 3.05) is 25.6 Å². The number of methoxy groups -OCH3 is 1. The first-order chi connectivity index (χ1) is 12.6. The van der Waals surface area contributed by atoms with Gasteiger partial charge in [-0.25, -0.2) is 4.79 Å². The number of hydrogen-bond acceptors (Lipinski definition) is 5. The monoisotopic (exact) mass is 357 g/mol. The second-order valence-corrected chi connectivity index (χ2v) is 5.47. The van der Waals surface area contributed by atoms with E-state index >= 15 is 0 Å². The zero-order valence-corrected chi connectivity index (χ0v) is 15.2. The number of rotatable bonds is 8. The van der Waals surface area contributed by atoms with E-state index in [1.165, 1.54) is 18.7 Å². The lowest BCUT2D eigenvalue weighted by atomic mass is 10.1. The summed E-state index contributed by atoms with van der Waals surface area (Å²) in [5.41, 5.74) is 2.12. The molecule has 2 aromatic carbocycles. The minimum Gasteiger partial charge on any atom is -0.493 e. The quantitative estimate of drug-likeness (QED) is 0.733. The van der Waals surface area contributed by atoms with Gasteiger partial charge in [0.25, 0.3) is 5.91 Å². The minimum absolute atomic E-state index is 0.286. The molecule has 1 N–H and O–H groups in total. The number of anilines is 1. The van der Waals surface area contributed by atoms with Gasteiger partial charge < -0.3 is 19.5 Å². The van der Waals surface area contributed by atoms with Gasteiger partial charge >= 0.3 is 5.97 Å². The van der Waals surface area contributed by atoms with Crippen LogP contribution in [0.15, 0.2) is 42.5 Å². The Morgan fingerprint density at radius 2 is 1.73 bits per heavy atom. The Balaban J connectivity index is 1.92. The van der Waals surface area contributed by atoms with Crippen LogP contribution in [0, 0.1) is 0 Å². The van der Waals surface area contributed by atoms with Crippen LogP contribution in [-0.4, -0.2) is 32.2 Å². The van der Waals surface area contributed by atoms with Gasteiger partial charge in [0.2, 0.25) is 0 Å². The van der Waals surface area contributed by atoms with E-state index in [0.717, 1.165) is 6.42 Å². The number of carbonyl (C=O) groups excluding carboxylic acids is 2. The predicted octanol–water partition coefficient (Wildman–Crippen LogP) is 3.45. The van der Waals surface area contributed by atoms with Gasteiger partial charge in [0, 0.05) is 5.69 Å². The first-order valence-electron chi connectivity index (χ1n) is 8.44. The van der Waals surface area contributed by atoms with Crippen LogP contribution in [0.25, 0.3) is 0 Å². The molecule has 0 saturated heterocycles. The Labute approximate surface area is 153 Å². The molecule has 0 fully saturated rings. The number of carbonyl (C=O) groups is 2. The van der Waals surface area contributed by atoms with Gasteiger partial charge in [-0.05, 0) is 49.2 Å². The van der Waals surface area contributed by atoms with Crippen LogP contribution in [0.3, 0.4) is 0 Å². The van der Waals surface area contributed by atoms with Gasteiger partial charge in [-0.15, -0.1) is 0 Å². The number of aryl methyl sites for hydroxylation is 1. The predicted molar refractivity (Wildman–Crippen MR) is 98.9 cm³/mol. The minimum atomic E-state index is -0.606. The molecule has 0 atom stereocenters. The molecule has 26 heavy (non-hydrogen) atoms. The number of amides is 1. The highest BCUT2D eigenvalue weighted by molar-refractivity contribution is 5.95. The fourth-order valence-corrected chi connectivity index (χ4v) is 2.31. The molecular weight excluding hydrogens is 334 g/mol.